The van der Waals surface area contributed by atoms with Crippen LogP contribution in [-0.2, 0) is 4.79 Å². The predicted octanol–water partition coefficient (Wildman–Crippen LogP) is 3.02. The summed E-state index contributed by atoms with van der Waals surface area (Å²) in [6, 6.07) is 0. The molecule has 0 saturated heterocycles. The third kappa shape index (κ3) is 1.76. The van der Waals surface area contributed by atoms with Crippen molar-refractivity contribution in [3.05, 3.63) is 23.3 Å². The lowest BCUT2D eigenvalue weighted by atomic mass is 9.60. The van der Waals surface area contributed by atoms with E-state index in [1.807, 2.05) is 0 Å². The standard InChI is InChI=1S/C17H22O2/c18-11-2-4-12-10(9-11)1-3-14-13(12)5-6-16-15(14)7-8-17(16)19/h2,4,13-17,19H,1,3,5-9H2/t13-,14-,15+,16+,17+/m1/s1. The molecule has 2 saturated carbocycles. The van der Waals surface area contributed by atoms with Gasteiger partial charge in [0.15, 0.2) is 5.78 Å². The Morgan fingerprint density at radius 1 is 0.947 bits per heavy atom. The fourth-order valence-electron chi connectivity index (χ4n) is 5.33. The first kappa shape index (κ1) is 11.9. The number of aliphatic hydroxyl groups excluding tert-OH is 1. The van der Waals surface area contributed by atoms with Crippen molar-refractivity contribution in [2.24, 2.45) is 23.7 Å². The molecule has 0 aromatic rings. The van der Waals surface area contributed by atoms with Gasteiger partial charge in [-0.05, 0) is 73.8 Å². The average Bonchev–Trinajstić information content (AvgIpc) is 2.80. The van der Waals surface area contributed by atoms with E-state index >= 15 is 0 Å². The van der Waals surface area contributed by atoms with Crippen LogP contribution in [-0.4, -0.2) is 17.0 Å². The van der Waals surface area contributed by atoms with E-state index in [1.165, 1.54) is 36.8 Å². The molecule has 0 spiro atoms. The van der Waals surface area contributed by atoms with Gasteiger partial charge in [0.25, 0.3) is 0 Å². The fraction of sp³-hybridized carbons (Fsp3) is 0.706. The second-order valence-electron chi connectivity index (χ2n) is 6.89. The topological polar surface area (TPSA) is 37.3 Å². The van der Waals surface area contributed by atoms with E-state index in [2.05, 4.69) is 6.08 Å². The minimum absolute atomic E-state index is 0.0372. The molecular weight excluding hydrogens is 236 g/mol. The van der Waals surface area contributed by atoms with Gasteiger partial charge in [-0.15, -0.1) is 0 Å². The Kier molecular flexibility index (Phi) is 2.70. The Labute approximate surface area is 114 Å². The minimum atomic E-state index is -0.0372. The molecule has 1 N–H and O–H groups in total. The minimum Gasteiger partial charge on any atom is -0.393 e. The molecule has 0 unspecified atom stereocenters. The van der Waals surface area contributed by atoms with Crippen molar-refractivity contribution in [1.82, 2.24) is 0 Å². The number of hydrogen-bond acceptors (Lipinski definition) is 2. The van der Waals surface area contributed by atoms with E-state index < -0.39 is 0 Å². The van der Waals surface area contributed by atoms with Gasteiger partial charge in [0.1, 0.15) is 0 Å². The molecule has 19 heavy (non-hydrogen) atoms. The van der Waals surface area contributed by atoms with E-state index in [9.17, 15) is 9.90 Å². The van der Waals surface area contributed by atoms with Gasteiger partial charge >= 0.3 is 0 Å². The summed E-state index contributed by atoms with van der Waals surface area (Å²) in [6.45, 7) is 0. The number of aliphatic hydroxyl groups is 1. The molecule has 0 amide bonds. The summed E-state index contributed by atoms with van der Waals surface area (Å²) in [6.07, 6.45) is 11.5. The molecule has 4 rings (SSSR count). The van der Waals surface area contributed by atoms with Crippen molar-refractivity contribution in [2.45, 2.75) is 51.0 Å². The van der Waals surface area contributed by atoms with Crippen LogP contribution in [0.2, 0.25) is 0 Å². The molecule has 5 atom stereocenters. The van der Waals surface area contributed by atoms with Gasteiger partial charge in [-0.3, -0.25) is 4.79 Å². The van der Waals surface area contributed by atoms with Crippen molar-refractivity contribution in [1.29, 1.82) is 0 Å². The van der Waals surface area contributed by atoms with Crippen LogP contribution in [0.15, 0.2) is 23.3 Å². The number of allylic oxidation sites excluding steroid dienone is 4. The van der Waals surface area contributed by atoms with E-state index in [-0.39, 0.29) is 11.9 Å². The van der Waals surface area contributed by atoms with Gasteiger partial charge < -0.3 is 5.11 Å². The van der Waals surface area contributed by atoms with Crippen LogP contribution in [0.4, 0.5) is 0 Å². The zero-order valence-electron chi connectivity index (χ0n) is 11.3. The molecule has 2 heteroatoms. The van der Waals surface area contributed by atoms with Gasteiger partial charge in [-0.2, -0.15) is 0 Å². The molecule has 4 aliphatic carbocycles. The zero-order valence-corrected chi connectivity index (χ0v) is 11.3. The van der Waals surface area contributed by atoms with E-state index in [1.54, 1.807) is 6.08 Å². The smallest absolute Gasteiger partial charge is 0.159 e. The Morgan fingerprint density at radius 2 is 1.79 bits per heavy atom. The Bertz CT molecular complexity index is 474. The third-order valence-corrected chi connectivity index (χ3v) is 6.14. The van der Waals surface area contributed by atoms with Crippen LogP contribution in [0.1, 0.15) is 44.9 Å². The normalized spacial score (nSPS) is 44.9. The molecule has 2 fully saturated rings. The lowest BCUT2D eigenvalue weighted by Gasteiger charge is -2.45. The van der Waals surface area contributed by atoms with E-state index in [0.29, 0.717) is 18.3 Å². The highest BCUT2D eigenvalue weighted by atomic mass is 16.3. The summed E-state index contributed by atoms with van der Waals surface area (Å²) in [5.41, 5.74) is 2.92. The highest BCUT2D eigenvalue weighted by molar-refractivity contribution is 5.93. The molecule has 0 aliphatic heterocycles. The van der Waals surface area contributed by atoms with Gasteiger partial charge in [0, 0.05) is 6.42 Å². The predicted molar refractivity (Wildman–Crippen MR) is 73.5 cm³/mol. The molecule has 0 aromatic carbocycles. The summed E-state index contributed by atoms with van der Waals surface area (Å²) in [5, 5.41) is 10.1. The lowest BCUT2D eigenvalue weighted by Crippen LogP contribution is -2.38. The average molecular weight is 258 g/mol. The van der Waals surface area contributed by atoms with Gasteiger partial charge in [0.05, 0.1) is 6.10 Å². The van der Waals surface area contributed by atoms with Crippen LogP contribution in [0, 0.1) is 23.7 Å². The maximum absolute atomic E-state index is 11.5. The molecule has 0 bridgehead atoms. The quantitative estimate of drug-likeness (QED) is 0.725. The second kappa shape index (κ2) is 4.31. The number of ketones is 1. The van der Waals surface area contributed by atoms with Crippen LogP contribution in [0.5, 0.6) is 0 Å². The highest BCUT2D eigenvalue weighted by Crippen LogP contribution is 2.54. The molecule has 0 radical (unpaired) electrons. The third-order valence-electron chi connectivity index (χ3n) is 6.14. The first-order valence-electron chi connectivity index (χ1n) is 7.85. The Balaban J connectivity index is 1.64. The second-order valence-corrected chi connectivity index (χ2v) is 6.89. The number of carbonyl (C=O) groups excluding carboxylic acids is 1. The molecule has 0 aromatic heterocycles. The van der Waals surface area contributed by atoms with E-state index in [4.69, 9.17) is 0 Å². The SMILES string of the molecule is O=C1C=CC2=C(CC[C@H]3[C@@H]4CC[C@H](O)[C@H]4CC[C@H]23)C1. The fourth-order valence-corrected chi connectivity index (χ4v) is 5.33. The first-order chi connectivity index (χ1) is 9.24. The first-order valence-corrected chi connectivity index (χ1v) is 7.85. The summed E-state index contributed by atoms with van der Waals surface area (Å²) in [4.78, 5) is 11.5. The maximum Gasteiger partial charge on any atom is 0.159 e. The van der Waals surface area contributed by atoms with Crippen molar-refractivity contribution in [3.8, 4) is 0 Å². The number of hydrogen-bond donors (Lipinski definition) is 1. The number of rotatable bonds is 0. The molecular formula is C17H22O2. The summed E-state index contributed by atoms with van der Waals surface area (Å²) in [5.74, 6) is 3.04. The monoisotopic (exact) mass is 258 g/mol. The Hall–Kier alpha value is -0.890. The van der Waals surface area contributed by atoms with Crippen molar-refractivity contribution < 1.29 is 9.90 Å². The van der Waals surface area contributed by atoms with Crippen LogP contribution < -0.4 is 0 Å². The van der Waals surface area contributed by atoms with Gasteiger partial charge in [-0.1, -0.05) is 11.6 Å². The zero-order chi connectivity index (χ0) is 13.0. The lowest BCUT2D eigenvalue weighted by molar-refractivity contribution is -0.114. The molecule has 102 valence electrons. The molecule has 0 heterocycles. The van der Waals surface area contributed by atoms with Crippen LogP contribution in [0.3, 0.4) is 0 Å². The number of carbonyl (C=O) groups is 1. The molecule has 4 aliphatic rings. The highest BCUT2D eigenvalue weighted by Gasteiger charge is 2.47. The van der Waals surface area contributed by atoms with Crippen molar-refractivity contribution in [3.63, 3.8) is 0 Å². The van der Waals surface area contributed by atoms with E-state index in [0.717, 1.165) is 24.7 Å². The van der Waals surface area contributed by atoms with Crippen LogP contribution >= 0.6 is 0 Å². The van der Waals surface area contributed by atoms with Crippen LogP contribution in [0.25, 0.3) is 0 Å². The largest absolute Gasteiger partial charge is 0.393 e. The summed E-state index contributed by atoms with van der Waals surface area (Å²) >= 11 is 0. The summed E-state index contributed by atoms with van der Waals surface area (Å²) < 4.78 is 0. The summed E-state index contributed by atoms with van der Waals surface area (Å²) in [7, 11) is 0. The van der Waals surface area contributed by atoms with Gasteiger partial charge in [-0.25, -0.2) is 0 Å². The van der Waals surface area contributed by atoms with Crippen molar-refractivity contribution >= 4 is 5.78 Å². The Morgan fingerprint density at radius 3 is 2.68 bits per heavy atom. The van der Waals surface area contributed by atoms with Crippen molar-refractivity contribution in [2.75, 3.05) is 0 Å². The molecule has 2 nitrogen and oxygen atoms in total. The number of fused-ring (bicyclic) bond motifs is 4. The van der Waals surface area contributed by atoms with Gasteiger partial charge in [0.2, 0.25) is 0 Å². The maximum atomic E-state index is 11.5.